The summed E-state index contributed by atoms with van der Waals surface area (Å²) in [5.41, 5.74) is 9.41. The maximum Gasteiger partial charge on any atom is 0.0511 e. The van der Waals surface area contributed by atoms with Gasteiger partial charge in [-0.3, -0.25) is 0 Å². The van der Waals surface area contributed by atoms with E-state index in [0.29, 0.717) is 6.54 Å². The highest BCUT2D eigenvalue weighted by molar-refractivity contribution is 9.10. The Labute approximate surface area is 121 Å². The van der Waals surface area contributed by atoms with E-state index in [0.717, 1.165) is 17.4 Å². The smallest absolute Gasteiger partial charge is 0.0511 e. The largest absolute Gasteiger partial charge is 0.369 e. The van der Waals surface area contributed by atoms with Crippen molar-refractivity contribution in [3.8, 4) is 0 Å². The van der Waals surface area contributed by atoms with Gasteiger partial charge in [-0.1, -0.05) is 6.07 Å². The molecule has 0 aliphatic rings. The van der Waals surface area contributed by atoms with E-state index >= 15 is 0 Å². The van der Waals surface area contributed by atoms with Crippen LogP contribution >= 0.6 is 27.3 Å². The fourth-order valence-corrected chi connectivity index (χ4v) is 3.31. The summed E-state index contributed by atoms with van der Waals surface area (Å²) >= 11 is 5.38. The van der Waals surface area contributed by atoms with Gasteiger partial charge in [0.05, 0.1) is 5.69 Å². The van der Waals surface area contributed by atoms with Crippen LogP contribution in [0.2, 0.25) is 0 Å². The molecule has 0 saturated heterocycles. The van der Waals surface area contributed by atoms with Gasteiger partial charge in [-0.25, -0.2) is 0 Å². The Morgan fingerprint density at radius 2 is 2.11 bits per heavy atom. The average Bonchev–Trinajstić information content (AvgIpc) is 2.82. The van der Waals surface area contributed by atoms with Gasteiger partial charge in [-0.05, 0) is 69.0 Å². The van der Waals surface area contributed by atoms with E-state index in [1.54, 1.807) is 11.3 Å². The highest BCUT2D eigenvalue weighted by Gasteiger charge is 2.07. The first-order chi connectivity index (χ1) is 8.70. The zero-order chi connectivity index (χ0) is 13.0. The van der Waals surface area contributed by atoms with Crippen LogP contribution in [-0.4, -0.2) is 13.6 Å². The van der Waals surface area contributed by atoms with Crippen LogP contribution in [0.15, 0.2) is 39.5 Å². The molecule has 0 aliphatic heterocycles. The Morgan fingerprint density at radius 1 is 1.28 bits per heavy atom. The molecule has 1 aromatic carbocycles. The second-order valence-electron chi connectivity index (χ2n) is 4.31. The summed E-state index contributed by atoms with van der Waals surface area (Å²) in [5, 5.41) is 4.30. The number of nitrogens with two attached hydrogens (primary N) is 1. The summed E-state index contributed by atoms with van der Waals surface area (Å²) in [6.07, 6.45) is 0.924. The topological polar surface area (TPSA) is 29.3 Å². The third-order valence-corrected chi connectivity index (χ3v) is 4.22. The first kappa shape index (κ1) is 13.6. The number of nitrogens with zero attached hydrogens (tertiary/aromatic N) is 1. The number of hydrogen-bond acceptors (Lipinski definition) is 3. The Kier molecular flexibility index (Phi) is 4.80. The lowest BCUT2D eigenvalue weighted by molar-refractivity contribution is 0.919. The molecule has 18 heavy (non-hydrogen) atoms. The van der Waals surface area contributed by atoms with Crippen LogP contribution in [0, 0.1) is 0 Å². The minimum atomic E-state index is 0.691. The van der Waals surface area contributed by atoms with Crippen molar-refractivity contribution in [2.75, 3.05) is 18.5 Å². The lowest BCUT2D eigenvalue weighted by atomic mass is 10.1. The molecule has 2 rings (SSSR count). The van der Waals surface area contributed by atoms with Gasteiger partial charge < -0.3 is 10.6 Å². The van der Waals surface area contributed by atoms with Crippen molar-refractivity contribution in [1.82, 2.24) is 0 Å². The van der Waals surface area contributed by atoms with E-state index in [1.807, 2.05) is 0 Å². The van der Waals surface area contributed by atoms with E-state index in [-0.39, 0.29) is 0 Å². The molecule has 0 atom stereocenters. The van der Waals surface area contributed by atoms with E-state index in [1.165, 1.54) is 16.8 Å². The van der Waals surface area contributed by atoms with E-state index in [4.69, 9.17) is 5.73 Å². The molecule has 0 unspecified atom stereocenters. The minimum Gasteiger partial charge on any atom is -0.369 e. The van der Waals surface area contributed by atoms with Crippen LogP contribution in [-0.2, 0) is 13.0 Å². The van der Waals surface area contributed by atoms with Crippen LogP contribution in [0.25, 0.3) is 0 Å². The quantitative estimate of drug-likeness (QED) is 0.909. The number of thiophene rings is 1. The highest BCUT2D eigenvalue weighted by Crippen LogP contribution is 2.28. The molecule has 4 heteroatoms. The minimum absolute atomic E-state index is 0.691. The average molecular weight is 325 g/mol. The fraction of sp³-hybridized carbons (Fsp3) is 0.286. The van der Waals surface area contributed by atoms with Crippen LogP contribution < -0.4 is 10.6 Å². The number of hydrogen-bond donors (Lipinski definition) is 1. The maximum absolute atomic E-state index is 5.57. The van der Waals surface area contributed by atoms with Gasteiger partial charge in [0.25, 0.3) is 0 Å². The maximum atomic E-state index is 5.57. The van der Waals surface area contributed by atoms with Crippen LogP contribution in [0.1, 0.15) is 11.1 Å². The summed E-state index contributed by atoms with van der Waals surface area (Å²) < 4.78 is 1.13. The lowest BCUT2D eigenvalue weighted by Crippen LogP contribution is -2.16. The molecule has 0 aliphatic carbocycles. The summed E-state index contributed by atoms with van der Waals surface area (Å²) in [6.45, 7) is 1.62. The van der Waals surface area contributed by atoms with Crippen molar-refractivity contribution in [3.63, 3.8) is 0 Å². The number of anilines is 1. The molecule has 0 bridgehead atoms. The van der Waals surface area contributed by atoms with Crippen LogP contribution in [0.3, 0.4) is 0 Å². The molecule has 1 heterocycles. The molecule has 0 amide bonds. The highest BCUT2D eigenvalue weighted by atomic mass is 79.9. The molecule has 1 aromatic heterocycles. The molecule has 0 fully saturated rings. The first-order valence-corrected chi connectivity index (χ1v) is 7.65. The normalized spacial score (nSPS) is 10.6. The van der Waals surface area contributed by atoms with Crippen molar-refractivity contribution in [1.29, 1.82) is 0 Å². The third kappa shape index (κ3) is 3.34. The van der Waals surface area contributed by atoms with Crippen molar-refractivity contribution >= 4 is 33.0 Å². The molecule has 2 nitrogen and oxygen atoms in total. The standard InChI is InChI=1S/C14H17BrN2S/c1-17(9-12-5-7-18-10-12)14-3-2-11(4-6-16)8-13(14)15/h2-3,5,7-8,10H,4,6,9,16H2,1H3. The summed E-state index contributed by atoms with van der Waals surface area (Å²) in [7, 11) is 2.11. The number of halogens is 1. The summed E-state index contributed by atoms with van der Waals surface area (Å²) in [4.78, 5) is 2.25. The number of rotatable bonds is 5. The fourth-order valence-electron chi connectivity index (χ4n) is 1.92. The molecular weight excluding hydrogens is 308 g/mol. The molecule has 96 valence electrons. The van der Waals surface area contributed by atoms with E-state index in [9.17, 15) is 0 Å². The van der Waals surface area contributed by atoms with Gasteiger partial charge in [0.15, 0.2) is 0 Å². The Hall–Kier alpha value is -0.840. The Balaban J connectivity index is 2.12. The molecule has 2 N–H and O–H groups in total. The van der Waals surface area contributed by atoms with Crippen molar-refractivity contribution in [2.45, 2.75) is 13.0 Å². The SMILES string of the molecule is CN(Cc1ccsc1)c1ccc(CCN)cc1Br. The zero-order valence-corrected chi connectivity index (χ0v) is 12.8. The predicted molar refractivity (Wildman–Crippen MR) is 83.3 cm³/mol. The molecule has 0 spiro atoms. The Bertz CT molecular complexity index is 497. The van der Waals surface area contributed by atoms with Gasteiger partial charge in [0, 0.05) is 18.1 Å². The predicted octanol–water partition coefficient (Wildman–Crippen LogP) is 3.65. The third-order valence-electron chi connectivity index (χ3n) is 2.86. The molecule has 0 radical (unpaired) electrons. The second kappa shape index (κ2) is 6.36. The van der Waals surface area contributed by atoms with Crippen LogP contribution in [0.5, 0.6) is 0 Å². The van der Waals surface area contributed by atoms with E-state index in [2.05, 4.69) is 62.9 Å². The molecule has 0 saturated carbocycles. The van der Waals surface area contributed by atoms with Gasteiger partial charge in [-0.15, -0.1) is 0 Å². The van der Waals surface area contributed by atoms with Crippen molar-refractivity contribution in [3.05, 3.63) is 50.6 Å². The van der Waals surface area contributed by atoms with E-state index < -0.39 is 0 Å². The lowest BCUT2D eigenvalue weighted by Gasteiger charge is -2.20. The van der Waals surface area contributed by atoms with Gasteiger partial charge >= 0.3 is 0 Å². The second-order valence-corrected chi connectivity index (χ2v) is 5.95. The molecular formula is C14H17BrN2S. The number of benzene rings is 1. The van der Waals surface area contributed by atoms with Crippen molar-refractivity contribution < 1.29 is 0 Å². The van der Waals surface area contributed by atoms with Crippen LogP contribution in [0.4, 0.5) is 5.69 Å². The summed E-state index contributed by atoms with van der Waals surface area (Å²) in [5.74, 6) is 0. The van der Waals surface area contributed by atoms with Gasteiger partial charge in [-0.2, -0.15) is 11.3 Å². The van der Waals surface area contributed by atoms with Crippen molar-refractivity contribution in [2.24, 2.45) is 5.73 Å². The van der Waals surface area contributed by atoms with Gasteiger partial charge in [0.1, 0.15) is 0 Å². The van der Waals surface area contributed by atoms with Gasteiger partial charge in [0.2, 0.25) is 0 Å². The first-order valence-electron chi connectivity index (χ1n) is 5.91. The monoisotopic (exact) mass is 324 g/mol. The molecule has 2 aromatic rings. The Morgan fingerprint density at radius 3 is 2.72 bits per heavy atom. The summed E-state index contributed by atoms with van der Waals surface area (Å²) in [6, 6.07) is 8.63. The zero-order valence-electron chi connectivity index (χ0n) is 10.4.